The average Bonchev–Trinajstić information content (AvgIpc) is 3.15. The number of benzene rings is 2. The van der Waals surface area contributed by atoms with Gasteiger partial charge in [0.2, 0.25) is 0 Å². The predicted molar refractivity (Wildman–Crippen MR) is 114 cm³/mol. The van der Waals surface area contributed by atoms with E-state index < -0.39 is 0 Å². The number of fused-ring (bicyclic) bond motifs is 1. The molecule has 4 aromatic rings. The quantitative estimate of drug-likeness (QED) is 0.514. The van der Waals surface area contributed by atoms with Crippen LogP contribution in [0.1, 0.15) is 35.4 Å². The van der Waals surface area contributed by atoms with E-state index in [1.165, 1.54) is 28.3 Å². The van der Waals surface area contributed by atoms with Crippen molar-refractivity contribution in [1.29, 1.82) is 0 Å². The first kappa shape index (κ1) is 16.7. The molecule has 3 heterocycles. The van der Waals surface area contributed by atoms with E-state index in [4.69, 9.17) is 0 Å². The SMILES string of the molecule is O=C1NCC(c2ccc(-c3cnc(C4CC4)s3)cc2)N1c1ccc2[nH]cnc2c1. The number of aromatic nitrogens is 3. The lowest BCUT2D eigenvalue weighted by atomic mass is 10.0. The summed E-state index contributed by atoms with van der Waals surface area (Å²) in [6.07, 6.45) is 6.20. The number of carbonyl (C=O) groups is 1. The molecule has 0 bridgehead atoms. The number of aromatic amines is 1. The number of rotatable bonds is 4. The number of urea groups is 1. The number of nitrogens with zero attached hydrogens (tertiary/aromatic N) is 3. The standard InChI is InChI=1S/C22H19N5OS/c28-22-24-10-19(27(22)16-7-8-17-18(9-16)26-12-25-17)13-1-3-14(4-2-13)20-11-23-21(29-20)15-5-6-15/h1-4,7-9,11-12,15,19H,5-6,10H2,(H,24,28)(H,25,26). The van der Waals surface area contributed by atoms with Gasteiger partial charge in [-0.3, -0.25) is 4.90 Å². The van der Waals surface area contributed by atoms with Gasteiger partial charge in [0, 0.05) is 24.3 Å². The predicted octanol–water partition coefficient (Wildman–Crippen LogP) is 4.83. The van der Waals surface area contributed by atoms with Gasteiger partial charge in [0.1, 0.15) is 0 Å². The monoisotopic (exact) mass is 401 g/mol. The molecule has 1 aliphatic carbocycles. The van der Waals surface area contributed by atoms with Gasteiger partial charge in [-0.25, -0.2) is 14.8 Å². The lowest BCUT2D eigenvalue weighted by molar-refractivity contribution is 0.251. The third kappa shape index (κ3) is 2.89. The number of H-pyrrole nitrogens is 1. The summed E-state index contributed by atoms with van der Waals surface area (Å²) in [7, 11) is 0. The topological polar surface area (TPSA) is 73.9 Å². The Kier molecular flexibility index (Phi) is 3.70. The zero-order valence-corrected chi connectivity index (χ0v) is 16.4. The molecule has 0 radical (unpaired) electrons. The first-order chi connectivity index (χ1) is 14.3. The van der Waals surface area contributed by atoms with Crippen molar-refractivity contribution in [3.63, 3.8) is 0 Å². The highest BCUT2D eigenvalue weighted by molar-refractivity contribution is 7.15. The largest absolute Gasteiger partial charge is 0.345 e. The number of thiazole rings is 1. The molecule has 1 saturated heterocycles. The summed E-state index contributed by atoms with van der Waals surface area (Å²) in [6.45, 7) is 0.586. The van der Waals surface area contributed by atoms with Gasteiger partial charge >= 0.3 is 6.03 Å². The molecule has 1 unspecified atom stereocenters. The van der Waals surface area contributed by atoms with Crippen LogP contribution >= 0.6 is 11.3 Å². The van der Waals surface area contributed by atoms with Crippen molar-refractivity contribution in [3.8, 4) is 10.4 Å². The molecule has 1 saturated carbocycles. The summed E-state index contributed by atoms with van der Waals surface area (Å²) in [5.74, 6) is 0.684. The molecule has 2 amide bonds. The summed E-state index contributed by atoms with van der Waals surface area (Å²) < 4.78 is 0. The fourth-order valence-corrected chi connectivity index (χ4v) is 5.04. The summed E-state index contributed by atoms with van der Waals surface area (Å²) in [5.41, 5.74) is 4.96. The van der Waals surface area contributed by atoms with Gasteiger partial charge in [-0.1, -0.05) is 24.3 Å². The fraction of sp³-hybridized carbons (Fsp3) is 0.227. The van der Waals surface area contributed by atoms with E-state index in [0.717, 1.165) is 22.3 Å². The molecule has 7 heteroatoms. The molecule has 29 heavy (non-hydrogen) atoms. The summed E-state index contributed by atoms with van der Waals surface area (Å²) >= 11 is 1.80. The normalized spacial score (nSPS) is 19.1. The summed E-state index contributed by atoms with van der Waals surface area (Å²) in [4.78, 5) is 27.6. The van der Waals surface area contributed by atoms with Crippen LogP contribution in [0.4, 0.5) is 10.5 Å². The number of hydrogen-bond acceptors (Lipinski definition) is 4. The summed E-state index contributed by atoms with van der Waals surface area (Å²) in [5, 5.41) is 4.24. The Bertz CT molecular complexity index is 1210. The van der Waals surface area contributed by atoms with E-state index in [-0.39, 0.29) is 12.1 Å². The van der Waals surface area contributed by atoms with Crippen molar-refractivity contribution in [2.45, 2.75) is 24.8 Å². The molecule has 2 fully saturated rings. The third-order valence-corrected chi connectivity index (χ3v) is 6.90. The van der Waals surface area contributed by atoms with Crippen LogP contribution in [0.15, 0.2) is 55.0 Å². The average molecular weight is 401 g/mol. The Morgan fingerprint density at radius 3 is 2.76 bits per heavy atom. The molecular weight excluding hydrogens is 382 g/mol. The first-order valence-corrected chi connectivity index (χ1v) is 10.6. The highest BCUT2D eigenvalue weighted by Gasteiger charge is 2.33. The zero-order chi connectivity index (χ0) is 19.4. The highest BCUT2D eigenvalue weighted by Crippen LogP contribution is 2.43. The Morgan fingerprint density at radius 1 is 1.07 bits per heavy atom. The van der Waals surface area contributed by atoms with Crippen LogP contribution in [0.25, 0.3) is 21.5 Å². The second-order valence-corrected chi connectivity index (χ2v) is 8.70. The number of imidazole rings is 1. The van der Waals surface area contributed by atoms with Crippen LogP contribution in [0.3, 0.4) is 0 Å². The van der Waals surface area contributed by atoms with Crippen molar-refractivity contribution in [3.05, 3.63) is 65.6 Å². The Balaban J connectivity index is 1.30. The molecule has 144 valence electrons. The number of hydrogen-bond donors (Lipinski definition) is 2. The molecule has 0 spiro atoms. The van der Waals surface area contributed by atoms with Gasteiger partial charge in [-0.2, -0.15) is 0 Å². The molecule has 1 atom stereocenters. The van der Waals surface area contributed by atoms with Crippen LogP contribution in [0, 0.1) is 0 Å². The van der Waals surface area contributed by atoms with Crippen molar-refractivity contribution < 1.29 is 4.79 Å². The van der Waals surface area contributed by atoms with E-state index in [0.29, 0.717) is 12.5 Å². The maximum absolute atomic E-state index is 12.6. The molecule has 6 rings (SSSR count). The number of carbonyl (C=O) groups excluding carboxylic acids is 1. The second-order valence-electron chi connectivity index (χ2n) is 7.63. The second kappa shape index (κ2) is 6.42. The van der Waals surface area contributed by atoms with Gasteiger partial charge in [0.05, 0.1) is 33.3 Å². The van der Waals surface area contributed by atoms with E-state index >= 15 is 0 Å². The first-order valence-electron chi connectivity index (χ1n) is 9.82. The Hall–Kier alpha value is -3.19. The Labute approximate surface area is 171 Å². The van der Waals surface area contributed by atoms with Crippen LogP contribution in [-0.4, -0.2) is 27.5 Å². The van der Waals surface area contributed by atoms with Gasteiger partial charge in [-0.05, 0) is 42.2 Å². The maximum atomic E-state index is 12.6. The smallest absolute Gasteiger partial charge is 0.322 e. The van der Waals surface area contributed by atoms with Crippen LogP contribution < -0.4 is 10.2 Å². The highest BCUT2D eigenvalue weighted by atomic mass is 32.1. The number of anilines is 1. The molecule has 2 aromatic heterocycles. The van der Waals surface area contributed by atoms with E-state index in [9.17, 15) is 4.79 Å². The molecule has 2 aliphatic rings. The minimum absolute atomic E-state index is 0.0450. The van der Waals surface area contributed by atoms with Crippen LogP contribution in [0.5, 0.6) is 0 Å². The molecule has 2 aromatic carbocycles. The van der Waals surface area contributed by atoms with Crippen molar-refractivity contribution >= 4 is 34.1 Å². The van der Waals surface area contributed by atoms with E-state index in [1.807, 2.05) is 29.3 Å². The van der Waals surface area contributed by atoms with Gasteiger partial charge < -0.3 is 10.3 Å². The van der Waals surface area contributed by atoms with Crippen molar-refractivity contribution in [1.82, 2.24) is 20.3 Å². The number of nitrogens with one attached hydrogen (secondary N) is 2. The van der Waals surface area contributed by atoms with E-state index in [2.05, 4.69) is 44.5 Å². The third-order valence-electron chi connectivity index (χ3n) is 5.69. The minimum Gasteiger partial charge on any atom is -0.345 e. The van der Waals surface area contributed by atoms with Gasteiger partial charge in [0.25, 0.3) is 0 Å². The van der Waals surface area contributed by atoms with Crippen molar-refractivity contribution in [2.24, 2.45) is 0 Å². The van der Waals surface area contributed by atoms with E-state index in [1.54, 1.807) is 17.7 Å². The van der Waals surface area contributed by atoms with Gasteiger partial charge in [-0.15, -0.1) is 11.3 Å². The lowest BCUT2D eigenvalue weighted by Crippen LogP contribution is -2.29. The maximum Gasteiger partial charge on any atom is 0.322 e. The van der Waals surface area contributed by atoms with Crippen LogP contribution in [-0.2, 0) is 0 Å². The van der Waals surface area contributed by atoms with Gasteiger partial charge in [0.15, 0.2) is 0 Å². The number of amides is 2. The molecule has 1 aliphatic heterocycles. The van der Waals surface area contributed by atoms with Crippen molar-refractivity contribution in [2.75, 3.05) is 11.4 Å². The lowest BCUT2D eigenvalue weighted by Gasteiger charge is -2.23. The summed E-state index contributed by atoms with van der Waals surface area (Å²) in [6, 6.07) is 14.3. The van der Waals surface area contributed by atoms with Crippen LogP contribution in [0.2, 0.25) is 0 Å². The molecule has 2 N–H and O–H groups in total. The zero-order valence-electron chi connectivity index (χ0n) is 15.6. The Morgan fingerprint density at radius 2 is 1.93 bits per heavy atom. The fourth-order valence-electron chi connectivity index (χ4n) is 3.95. The molecular formula is C22H19N5OS. The molecule has 6 nitrogen and oxygen atoms in total. The minimum atomic E-state index is -0.0782.